The number of likely N-dealkylation sites (tertiary alicyclic amines) is 1. The van der Waals surface area contributed by atoms with Gasteiger partial charge in [0.25, 0.3) is 0 Å². The van der Waals surface area contributed by atoms with Crippen LogP contribution in [0.3, 0.4) is 0 Å². The Kier molecular flexibility index (Phi) is 3.35. The molecule has 0 aromatic carbocycles. The standard InChI is InChI=1S/C12H15N7O/c13-3-6-18-4-1-9(2-5-18)15-10-7-11-16-17-12(20)19(11)8-14-10/h7-9,15H,1-2,4-6H2,(H,17,20). The number of anilines is 1. The SMILES string of the molecule is N#CCN1CCC(Nc2cc3n[nH]c(=O)n3cn2)CC1. The van der Waals surface area contributed by atoms with Gasteiger partial charge in [-0.25, -0.2) is 19.3 Å². The van der Waals surface area contributed by atoms with Gasteiger partial charge in [-0.1, -0.05) is 0 Å². The predicted molar refractivity (Wildman–Crippen MR) is 72.3 cm³/mol. The lowest BCUT2D eigenvalue weighted by Crippen LogP contribution is -2.39. The molecule has 0 radical (unpaired) electrons. The van der Waals surface area contributed by atoms with E-state index in [0.717, 1.165) is 31.7 Å². The van der Waals surface area contributed by atoms with Crippen LogP contribution < -0.4 is 11.0 Å². The normalized spacial score (nSPS) is 17.1. The maximum atomic E-state index is 11.3. The van der Waals surface area contributed by atoms with E-state index in [1.54, 1.807) is 6.07 Å². The first-order valence-corrected chi connectivity index (χ1v) is 6.55. The molecule has 8 heteroatoms. The highest BCUT2D eigenvalue weighted by Crippen LogP contribution is 2.15. The Labute approximate surface area is 115 Å². The third kappa shape index (κ3) is 2.48. The van der Waals surface area contributed by atoms with E-state index in [2.05, 4.69) is 31.5 Å². The van der Waals surface area contributed by atoms with Crippen LogP contribution in [0.2, 0.25) is 0 Å². The van der Waals surface area contributed by atoms with Crippen molar-refractivity contribution >= 4 is 11.5 Å². The zero-order valence-corrected chi connectivity index (χ0v) is 10.9. The van der Waals surface area contributed by atoms with Crippen LogP contribution >= 0.6 is 0 Å². The molecular weight excluding hydrogens is 258 g/mol. The molecule has 0 unspecified atom stereocenters. The van der Waals surface area contributed by atoms with Gasteiger partial charge in [-0.15, -0.1) is 0 Å². The van der Waals surface area contributed by atoms with Gasteiger partial charge in [0.15, 0.2) is 5.65 Å². The van der Waals surface area contributed by atoms with Gasteiger partial charge in [0.1, 0.15) is 12.1 Å². The van der Waals surface area contributed by atoms with E-state index >= 15 is 0 Å². The van der Waals surface area contributed by atoms with Crippen LogP contribution in [0.25, 0.3) is 5.65 Å². The summed E-state index contributed by atoms with van der Waals surface area (Å²) < 4.78 is 1.36. The highest BCUT2D eigenvalue weighted by molar-refractivity contribution is 5.48. The number of H-pyrrole nitrogens is 1. The number of hydrogen-bond acceptors (Lipinski definition) is 6. The van der Waals surface area contributed by atoms with Crippen LogP contribution in [0.1, 0.15) is 12.8 Å². The van der Waals surface area contributed by atoms with Gasteiger partial charge in [-0.2, -0.15) is 10.4 Å². The number of fused-ring (bicyclic) bond motifs is 1. The molecule has 1 fully saturated rings. The fourth-order valence-electron chi connectivity index (χ4n) is 2.43. The van der Waals surface area contributed by atoms with E-state index in [-0.39, 0.29) is 5.69 Å². The van der Waals surface area contributed by atoms with Gasteiger partial charge < -0.3 is 5.32 Å². The van der Waals surface area contributed by atoms with Crippen molar-refractivity contribution in [2.24, 2.45) is 0 Å². The zero-order chi connectivity index (χ0) is 13.9. The van der Waals surface area contributed by atoms with Crippen molar-refractivity contribution in [3.05, 3.63) is 22.9 Å². The molecule has 1 aliphatic rings. The third-order valence-corrected chi connectivity index (χ3v) is 3.54. The Morgan fingerprint density at radius 3 is 3.05 bits per heavy atom. The minimum absolute atomic E-state index is 0.288. The Morgan fingerprint density at radius 1 is 1.50 bits per heavy atom. The number of aromatic nitrogens is 4. The first-order valence-electron chi connectivity index (χ1n) is 6.55. The third-order valence-electron chi connectivity index (χ3n) is 3.54. The van der Waals surface area contributed by atoms with E-state index in [1.807, 2.05) is 0 Å². The van der Waals surface area contributed by atoms with Crippen molar-refractivity contribution in [1.82, 2.24) is 24.5 Å². The van der Waals surface area contributed by atoms with E-state index in [9.17, 15) is 4.79 Å². The van der Waals surface area contributed by atoms with Crippen LogP contribution in [-0.2, 0) is 0 Å². The van der Waals surface area contributed by atoms with Crippen molar-refractivity contribution < 1.29 is 0 Å². The van der Waals surface area contributed by atoms with Crippen LogP contribution in [0.15, 0.2) is 17.2 Å². The molecule has 2 aromatic rings. The van der Waals surface area contributed by atoms with Crippen LogP contribution in [0, 0.1) is 11.3 Å². The Hall–Kier alpha value is -2.40. The summed E-state index contributed by atoms with van der Waals surface area (Å²) in [6.45, 7) is 2.32. The highest BCUT2D eigenvalue weighted by Gasteiger charge is 2.19. The average Bonchev–Trinajstić information content (AvgIpc) is 2.83. The Bertz CT molecular complexity index is 690. The number of hydrogen-bond donors (Lipinski definition) is 2. The summed E-state index contributed by atoms with van der Waals surface area (Å²) in [5.41, 5.74) is 0.262. The first kappa shape index (κ1) is 12.6. The summed E-state index contributed by atoms with van der Waals surface area (Å²) in [5.74, 6) is 0.718. The van der Waals surface area contributed by atoms with Crippen LogP contribution in [0.5, 0.6) is 0 Å². The van der Waals surface area contributed by atoms with Crippen molar-refractivity contribution in [1.29, 1.82) is 5.26 Å². The first-order chi connectivity index (χ1) is 9.76. The minimum Gasteiger partial charge on any atom is -0.367 e. The maximum absolute atomic E-state index is 11.3. The number of nitrogens with one attached hydrogen (secondary N) is 2. The molecule has 0 bridgehead atoms. The molecule has 0 saturated carbocycles. The second kappa shape index (κ2) is 5.30. The van der Waals surface area contributed by atoms with Gasteiger partial charge in [-0.3, -0.25) is 4.90 Å². The molecule has 2 aromatic heterocycles. The van der Waals surface area contributed by atoms with Crippen molar-refractivity contribution in [3.8, 4) is 6.07 Å². The van der Waals surface area contributed by atoms with Crippen molar-refractivity contribution in [2.75, 3.05) is 25.0 Å². The summed E-state index contributed by atoms with van der Waals surface area (Å²) in [5, 5.41) is 18.3. The predicted octanol–water partition coefficient (Wildman–Crippen LogP) is -0.183. The summed E-state index contributed by atoms with van der Waals surface area (Å²) >= 11 is 0. The molecule has 8 nitrogen and oxygen atoms in total. The van der Waals surface area contributed by atoms with Gasteiger partial charge in [0.2, 0.25) is 0 Å². The monoisotopic (exact) mass is 273 g/mol. The van der Waals surface area contributed by atoms with E-state index in [0.29, 0.717) is 18.2 Å². The van der Waals surface area contributed by atoms with E-state index in [4.69, 9.17) is 5.26 Å². The maximum Gasteiger partial charge on any atom is 0.348 e. The number of nitriles is 1. The fourth-order valence-corrected chi connectivity index (χ4v) is 2.43. The average molecular weight is 273 g/mol. The zero-order valence-electron chi connectivity index (χ0n) is 10.9. The van der Waals surface area contributed by atoms with Gasteiger partial charge in [0.05, 0.1) is 12.6 Å². The molecule has 0 spiro atoms. The lowest BCUT2D eigenvalue weighted by atomic mass is 10.1. The minimum atomic E-state index is -0.288. The number of aromatic amines is 1. The molecule has 0 atom stereocenters. The molecule has 0 amide bonds. The second-order valence-corrected chi connectivity index (χ2v) is 4.88. The molecule has 104 valence electrons. The lowest BCUT2D eigenvalue weighted by molar-refractivity contribution is 0.242. The summed E-state index contributed by atoms with van der Waals surface area (Å²) in [6, 6.07) is 4.26. The molecule has 2 N–H and O–H groups in total. The van der Waals surface area contributed by atoms with Crippen molar-refractivity contribution in [2.45, 2.75) is 18.9 Å². The Balaban J connectivity index is 1.65. The Morgan fingerprint density at radius 2 is 2.30 bits per heavy atom. The van der Waals surface area contributed by atoms with Gasteiger partial charge >= 0.3 is 5.69 Å². The summed E-state index contributed by atoms with van der Waals surface area (Å²) in [4.78, 5) is 17.7. The molecule has 1 aliphatic heterocycles. The van der Waals surface area contributed by atoms with Crippen LogP contribution in [0.4, 0.5) is 5.82 Å². The number of nitrogens with zero attached hydrogens (tertiary/aromatic N) is 5. The fraction of sp³-hybridized carbons (Fsp3) is 0.500. The summed E-state index contributed by atoms with van der Waals surface area (Å²) in [6.07, 6.45) is 3.41. The smallest absolute Gasteiger partial charge is 0.348 e. The molecule has 0 aliphatic carbocycles. The van der Waals surface area contributed by atoms with Crippen LogP contribution in [-0.4, -0.2) is 50.2 Å². The van der Waals surface area contributed by atoms with Gasteiger partial charge in [0, 0.05) is 25.2 Å². The molecule has 1 saturated heterocycles. The topological polar surface area (TPSA) is 102 Å². The quantitative estimate of drug-likeness (QED) is 0.752. The molecule has 3 heterocycles. The summed E-state index contributed by atoms with van der Waals surface area (Å²) in [7, 11) is 0. The molecule has 3 rings (SSSR count). The van der Waals surface area contributed by atoms with E-state index < -0.39 is 0 Å². The number of rotatable bonds is 3. The highest BCUT2D eigenvalue weighted by atomic mass is 16.1. The lowest BCUT2D eigenvalue weighted by Gasteiger charge is -2.30. The molecule has 20 heavy (non-hydrogen) atoms. The largest absolute Gasteiger partial charge is 0.367 e. The molecular formula is C12H15N7O. The van der Waals surface area contributed by atoms with Gasteiger partial charge in [-0.05, 0) is 12.8 Å². The van der Waals surface area contributed by atoms with E-state index in [1.165, 1.54) is 10.7 Å². The number of piperidine rings is 1. The second-order valence-electron chi connectivity index (χ2n) is 4.88. The van der Waals surface area contributed by atoms with Crippen molar-refractivity contribution in [3.63, 3.8) is 0 Å².